The third-order valence-electron chi connectivity index (χ3n) is 8.69. The van der Waals surface area contributed by atoms with Gasteiger partial charge in [-0.25, -0.2) is 4.98 Å². The Bertz CT molecular complexity index is 2100. The number of carbonyl (C=O) groups is 4. The minimum atomic E-state index is -1.69. The number of nitrogens with one attached hydrogen (secondary N) is 4. The van der Waals surface area contributed by atoms with Crippen molar-refractivity contribution in [3.63, 3.8) is 0 Å². The van der Waals surface area contributed by atoms with E-state index in [1.807, 2.05) is 18.2 Å². The molecule has 0 radical (unpaired) electrons. The number of rotatable bonds is 14. The Morgan fingerprint density at radius 3 is 2.20 bits per heavy atom. The molecule has 0 bridgehead atoms. The van der Waals surface area contributed by atoms with Crippen LogP contribution in [0.1, 0.15) is 34.5 Å². The molecular weight excluding hydrogens is 623 g/mol. The van der Waals surface area contributed by atoms with Crippen LogP contribution in [0, 0.1) is 0 Å². The summed E-state index contributed by atoms with van der Waals surface area (Å²) in [6.45, 7) is 0.237. The summed E-state index contributed by atoms with van der Waals surface area (Å²) >= 11 is 0. The van der Waals surface area contributed by atoms with E-state index in [4.69, 9.17) is 5.73 Å². The fourth-order valence-corrected chi connectivity index (χ4v) is 6.15. The molecule has 4 amide bonds. The van der Waals surface area contributed by atoms with Crippen molar-refractivity contribution in [2.24, 2.45) is 5.73 Å². The van der Waals surface area contributed by atoms with E-state index in [9.17, 15) is 29.2 Å². The maximum atomic E-state index is 13.4. The van der Waals surface area contributed by atoms with Gasteiger partial charge >= 0.3 is 7.12 Å². The Hall–Kier alpha value is -5.79. The van der Waals surface area contributed by atoms with Crippen LogP contribution in [-0.4, -0.2) is 69.4 Å². The lowest BCUT2D eigenvalue weighted by atomic mass is 9.80. The first-order valence-corrected chi connectivity index (χ1v) is 15.9. The second kappa shape index (κ2) is 14.5. The summed E-state index contributed by atoms with van der Waals surface area (Å²) in [7, 11) is -1.69. The van der Waals surface area contributed by atoms with Crippen molar-refractivity contribution >= 4 is 68.5 Å². The molecule has 0 saturated carbocycles. The van der Waals surface area contributed by atoms with E-state index in [0.717, 1.165) is 32.5 Å². The maximum absolute atomic E-state index is 13.4. The SMILES string of the molecule is NC(=O)[C@H](Cc1cnc[nH]1)NC(=O)[C@H](CCCNC(=O)Cc1ccc2ccc3cccc4ccc1c2c34)NC(=O)c1ccc(B(O)O)cc1. The first kappa shape index (κ1) is 33.1. The molecule has 1 aromatic heterocycles. The number of hydrogen-bond acceptors (Lipinski definition) is 7. The molecule has 248 valence electrons. The lowest BCUT2D eigenvalue weighted by Gasteiger charge is -2.22. The van der Waals surface area contributed by atoms with Gasteiger partial charge in [-0.3, -0.25) is 19.2 Å². The van der Waals surface area contributed by atoms with Crippen molar-refractivity contribution in [3.05, 3.63) is 108 Å². The van der Waals surface area contributed by atoms with Crippen molar-refractivity contribution in [3.8, 4) is 0 Å². The highest BCUT2D eigenvalue weighted by molar-refractivity contribution is 6.58. The van der Waals surface area contributed by atoms with Crippen LogP contribution >= 0.6 is 0 Å². The van der Waals surface area contributed by atoms with Crippen LogP contribution in [-0.2, 0) is 27.2 Å². The van der Waals surface area contributed by atoms with E-state index in [-0.39, 0.29) is 42.7 Å². The highest BCUT2D eigenvalue weighted by atomic mass is 16.4. The minimum Gasteiger partial charge on any atom is -0.423 e. The Morgan fingerprint density at radius 1 is 0.837 bits per heavy atom. The van der Waals surface area contributed by atoms with Crippen molar-refractivity contribution in [2.45, 2.75) is 37.8 Å². The molecule has 0 saturated heterocycles. The number of aromatic nitrogens is 2. The Morgan fingerprint density at radius 2 is 1.53 bits per heavy atom. The number of amides is 4. The highest BCUT2D eigenvalue weighted by Crippen LogP contribution is 2.36. The lowest BCUT2D eigenvalue weighted by Crippen LogP contribution is -2.53. The number of primary amides is 1. The third kappa shape index (κ3) is 7.53. The standard InChI is InChI=1S/C36H35BN6O6/c38-34(45)30(18-27-19-39-20-41-27)43-36(47)29(42-35(46)24-10-13-26(14-11-24)37(48)49)5-2-16-40-31(44)17-25-9-8-23-7-6-21-3-1-4-22-12-15-28(25)33(23)32(21)22/h1,3-4,6-15,19-20,29-30,48-49H,2,5,16-18H2,(H2,38,45)(H,39,41)(H,40,44)(H,42,46)(H,43,47)/t29-,30-/m0/s1. The number of benzene rings is 5. The molecule has 0 aliphatic carbocycles. The van der Waals surface area contributed by atoms with Crippen molar-refractivity contribution in [1.29, 1.82) is 0 Å². The van der Waals surface area contributed by atoms with Crippen LogP contribution in [0.3, 0.4) is 0 Å². The molecule has 5 aromatic carbocycles. The molecule has 12 nitrogen and oxygen atoms in total. The summed E-state index contributed by atoms with van der Waals surface area (Å²) in [4.78, 5) is 58.6. The molecule has 6 aromatic rings. The largest absolute Gasteiger partial charge is 0.488 e. The number of nitrogens with zero attached hydrogens (tertiary/aromatic N) is 1. The van der Waals surface area contributed by atoms with E-state index in [1.54, 1.807) is 0 Å². The van der Waals surface area contributed by atoms with Gasteiger partial charge in [-0.05, 0) is 68.3 Å². The maximum Gasteiger partial charge on any atom is 0.488 e. The van der Waals surface area contributed by atoms with Gasteiger partial charge in [0.05, 0.1) is 12.7 Å². The smallest absolute Gasteiger partial charge is 0.423 e. The first-order chi connectivity index (χ1) is 23.7. The molecule has 2 atom stereocenters. The molecule has 0 unspecified atom stereocenters. The number of hydrogen-bond donors (Lipinski definition) is 7. The van der Waals surface area contributed by atoms with Crippen LogP contribution in [0.4, 0.5) is 0 Å². The van der Waals surface area contributed by atoms with Gasteiger partial charge in [-0.1, -0.05) is 66.7 Å². The molecule has 0 aliphatic rings. The van der Waals surface area contributed by atoms with Crippen molar-refractivity contribution < 1.29 is 29.2 Å². The Balaban J connectivity index is 1.11. The number of carbonyl (C=O) groups excluding carboxylic acids is 4. The van der Waals surface area contributed by atoms with Crippen molar-refractivity contribution in [1.82, 2.24) is 25.9 Å². The molecule has 0 aliphatic heterocycles. The van der Waals surface area contributed by atoms with E-state index in [0.29, 0.717) is 12.1 Å². The van der Waals surface area contributed by atoms with Gasteiger partial charge in [0.15, 0.2) is 0 Å². The summed E-state index contributed by atoms with van der Waals surface area (Å²) in [6, 6.07) is 22.0. The Labute approximate surface area is 281 Å². The predicted molar refractivity (Wildman–Crippen MR) is 187 cm³/mol. The quantitative estimate of drug-likeness (QED) is 0.0522. The number of nitrogens with two attached hydrogens (primary N) is 1. The van der Waals surface area contributed by atoms with Crippen LogP contribution < -0.4 is 27.1 Å². The monoisotopic (exact) mass is 658 g/mol. The average Bonchev–Trinajstić information content (AvgIpc) is 3.62. The fraction of sp³-hybridized carbons (Fsp3) is 0.194. The molecule has 8 N–H and O–H groups in total. The number of aromatic amines is 1. The molecule has 6 rings (SSSR count). The number of H-pyrrole nitrogens is 1. The topological polar surface area (TPSA) is 200 Å². The summed E-state index contributed by atoms with van der Waals surface area (Å²) in [5.41, 5.74) is 7.44. The van der Waals surface area contributed by atoms with Gasteiger partial charge < -0.3 is 36.7 Å². The lowest BCUT2D eigenvalue weighted by molar-refractivity contribution is -0.128. The van der Waals surface area contributed by atoms with Crippen LogP contribution in [0.15, 0.2) is 91.4 Å². The molecule has 1 heterocycles. The fourth-order valence-electron chi connectivity index (χ4n) is 6.15. The second-order valence-electron chi connectivity index (χ2n) is 12.0. The van der Waals surface area contributed by atoms with E-state index in [2.05, 4.69) is 62.3 Å². The van der Waals surface area contributed by atoms with Gasteiger partial charge in [-0.2, -0.15) is 0 Å². The van der Waals surface area contributed by atoms with Gasteiger partial charge in [-0.15, -0.1) is 0 Å². The van der Waals surface area contributed by atoms with Gasteiger partial charge in [0.2, 0.25) is 17.7 Å². The van der Waals surface area contributed by atoms with Gasteiger partial charge in [0.1, 0.15) is 12.1 Å². The van der Waals surface area contributed by atoms with E-state index in [1.165, 1.54) is 42.2 Å². The van der Waals surface area contributed by atoms with Crippen LogP contribution in [0.25, 0.3) is 32.3 Å². The Kier molecular flexibility index (Phi) is 9.83. The zero-order chi connectivity index (χ0) is 34.5. The normalized spacial score (nSPS) is 12.5. The van der Waals surface area contributed by atoms with E-state index >= 15 is 0 Å². The first-order valence-electron chi connectivity index (χ1n) is 15.9. The molecule has 13 heteroatoms. The molecule has 49 heavy (non-hydrogen) atoms. The highest BCUT2D eigenvalue weighted by Gasteiger charge is 2.27. The minimum absolute atomic E-state index is 0.0752. The predicted octanol–water partition coefficient (Wildman–Crippen LogP) is 1.44. The van der Waals surface area contributed by atoms with Crippen LogP contribution in [0.5, 0.6) is 0 Å². The summed E-state index contributed by atoms with van der Waals surface area (Å²) in [6.07, 6.45) is 3.67. The molecule has 0 fully saturated rings. The van der Waals surface area contributed by atoms with Crippen molar-refractivity contribution in [2.75, 3.05) is 6.54 Å². The van der Waals surface area contributed by atoms with Gasteiger partial charge in [0, 0.05) is 30.4 Å². The zero-order valence-corrected chi connectivity index (χ0v) is 26.5. The number of imidazole rings is 1. The van der Waals surface area contributed by atoms with Crippen LogP contribution in [0.2, 0.25) is 0 Å². The molecular formula is C36H35BN6O6. The summed E-state index contributed by atoms with van der Waals surface area (Å²) in [5, 5.41) is 33.7. The summed E-state index contributed by atoms with van der Waals surface area (Å²) < 4.78 is 0. The van der Waals surface area contributed by atoms with Gasteiger partial charge in [0.25, 0.3) is 5.91 Å². The zero-order valence-electron chi connectivity index (χ0n) is 26.5. The summed E-state index contributed by atoms with van der Waals surface area (Å²) in [5.74, 6) is -2.15. The third-order valence-corrected chi connectivity index (χ3v) is 8.69. The molecule has 0 spiro atoms. The van der Waals surface area contributed by atoms with E-state index < -0.39 is 36.9 Å². The second-order valence-corrected chi connectivity index (χ2v) is 12.0. The average molecular weight is 659 g/mol.